The van der Waals surface area contributed by atoms with Gasteiger partial charge in [0.25, 0.3) is 5.91 Å². The van der Waals surface area contributed by atoms with Crippen LogP contribution in [0, 0.1) is 5.92 Å². The van der Waals surface area contributed by atoms with Gasteiger partial charge in [-0.3, -0.25) is 4.79 Å². The molecule has 20 heavy (non-hydrogen) atoms. The molecule has 0 saturated heterocycles. The number of carbonyl (C=O) groups is 1. The number of hydrogen-bond acceptors (Lipinski definition) is 3. The maximum Gasteiger partial charge on any atom is 0.251 e. The molecule has 4 nitrogen and oxygen atoms in total. The van der Waals surface area contributed by atoms with Gasteiger partial charge in [-0.1, -0.05) is 26.0 Å². The van der Waals surface area contributed by atoms with Crippen LogP contribution >= 0.6 is 0 Å². The molecule has 2 N–H and O–H groups in total. The lowest BCUT2D eigenvalue weighted by molar-refractivity contribution is 0.0656. The monoisotopic (exact) mass is 279 g/mol. The predicted molar refractivity (Wildman–Crippen MR) is 79.5 cm³/mol. The predicted octanol–water partition coefficient (Wildman–Crippen LogP) is 2.36. The smallest absolute Gasteiger partial charge is 0.251 e. The van der Waals surface area contributed by atoms with Crippen molar-refractivity contribution in [3.8, 4) is 0 Å². The molecule has 0 aliphatic rings. The van der Waals surface area contributed by atoms with Crippen LogP contribution < -0.4 is 5.32 Å². The van der Waals surface area contributed by atoms with Crippen molar-refractivity contribution in [3.05, 3.63) is 35.4 Å². The molecule has 0 saturated carbocycles. The summed E-state index contributed by atoms with van der Waals surface area (Å²) in [6, 6.07) is 7.12. The minimum absolute atomic E-state index is 0.0519. The minimum Gasteiger partial charge on any atom is -0.394 e. The van der Waals surface area contributed by atoms with Crippen LogP contribution in [0.1, 0.15) is 43.6 Å². The molecule has 0 heterocycles. The molecule has 1 atom stereocenters. The highest BCUT2D eigenvalue weighted by Gasteiger charge is 2.16. The molecule has 0 aliphatic heterocycles. The van der Waals surface area contributed by atoms with E-state index >= 15 is 0 Å². The molecule has 0 aliphatic carbocycles. The molecule has 1 rings (SSSR count). The Balaban J connectivity index is 2.61. The van der Waals surface area contributed by atoms with Crippen LogP contribution in [0.4, 0.5) is 0 Å². The van der Waals surface area contributed by atoms with Crippen molar-refractivity contribution in [1.29, 1.82) is 0 Å². The van der Waals surface area contributed by atoms with E-state index in [4.69, 9.17) is 4.74 Å². The summed E-state index contributed by atoms with van der Waals surface area (Å²) in [5.41, 5.74) is 1.63. The number of rotatable bonds is 7. The summed E-state index contributed by atoms with van der Waals surface area (Å²) in [6.45, 7) is 8.40. The molecule has 0 fully saturated rings. The number of benzene rings is 1. The van der Waals surface area contributed by atoms with Gasteiger partial charge in [0.1, 0.15) is 0 Å². The van der Waals surface area contributed by atoms with Crippen molar-refractivity contribution >= 4 is 5.91 Å². The van der Waals surface area contributed by atoms with Gasteiger partial charge >= 0.3 is 0 Å². The Morgan fingerprint density at radius 3 is 2.25 bits per heavy atom. The van der Waals surface area contributed by atoms with Crippen LogP contribution in [0.15, 0.2) is 24.3 Å². The van der Waals surface area contributed by atoms with E-state index in [1.54, 1.807) is 12.1 Å². The second-order valence-corrected chi connectivity index (χ2v) is 5.56. The first kappa shape index (κ1) is 16.7. The molecule has 4 heteroatoms. The van der Waals surface area contributed by atoms with Gasteiger partial charge in [-0.05, 0) is 37.5 Å². The van der Waals surface area contributed by atoms with Crippen molar-refractivity contribution in [2.24, 2.45) is 5.92 Å². The highest BCUT2D eigenvalue weighted by atomic mass is 16.5. The number of hydrogen-bond donors (Lipinski definition) is 2. The van der Waals surface area contributed by atoms with Gasteiger partial charge in [0, 0.05) is 5.56 Å². The lowest BCUT2D eigenvalue weighted by atomic mass is 10.0. The summed E-state index contributed by atoms with van der Waals surface area (Å²) in [5, 5.41) is 12.1. The molecule has 1 aromatic carbocycles. The fourth-order valence-electron chi connectivity index (χ4n) is 1.69. The van der Waals surface area contributed by atoms with Crippen LogP contribution in [-0.2, 0) is 11.3 Å². The van der Waals surface area contributed by atoms with Crippen LogP contribution in [-0.4, -0.2) is 29.8 Å². The van der Waals surface area contributed by atoms with E-state index in [0.29, 0.717) is 12.2 Å². The molecule has 112 valence electrons. The fraction of sp³-hybridized carbons (Fsp3) is 0.562. The number of carbonyl (C=O) groups excluding carboxylic acids is 1. The lowest BCUT2D eigenvalue weighted by Crippen LogP contribution is -2.41. The first-order valence-corrected chi connectivity index (χ1v) is 7.06. The first-order valence-electron chi connectivity index (χ1n) is 7.06. The number of aliphatic hydroxyl groups is 1. The van der Waals surface area contributed by atoms with Crippen LogP contribution in [0.25, 0.3) is 0 Å². The Morgan fingerprint density at radius 1 is 1.20 bits per heavy atom. The maximum absolute atomic E-state index is 12.0. The van der Waals surface area contributed by atoms with Gasteiger partial charge in [-0.25, -0.2) is 0 Å². The Hall–Kier alpha value is -1.39. The molecule has 0 bridgehead atoms. The molecular weight excluding hydrogens is 254 g/mol. The number of nitrogens with one attached hydrogen (secondary N) is 1. The van der Waals surface area contributed by atoms with E-state index in [2.05, 4.69) is 5.32 Å². The highest BCUT2D eigenvalue weighted by Crippen LogP contribution is 2.08. The molecule has 1 aromatic rings. The minimum atomic E-state index is -0.216. The summed E-state index contributed by atoms with van der Waals surface area (Å²) in [7, 11) is 0. The van der Waals surface area contributed by atoms with Gasteiger partial charge in [0.05, 0.1) is 25.4 Å². The Labute approximate surface area is 121 Å². The van der Waals surface area contributed by atoms with Crippen LogP contribution in [0.2, 0.25) is 0 Å². The first-order chi connectivity index (χ1) is 9.43. The number of ether oxygens (including phenoxy) is 1. The summed E-state index contributed by atoms with van der Waals surface area (Å²) >= 11 is 0. The van der Waals surface area contributed by atoms with E-state index in [1.165, 1.54) is 0 Å². The third-order valence-corrected chi connectivity index (χ3v) is 3.12. The zero-order chi connectivity index (χ0) is 15.1. The van der Waals surface area contributed by atoms with Gasteiger partial charge in [0.2, 0.25) is 0 Å². The third kappa shape index (κ3) is 5.31. The van der Waals surface area contributed by atoms with Crippen molar-refractivity contribution in [2.45, 2.75) is 46.4 Å². The van der Waals surface area contributed by atoms with E-state index in [-0.39, 0.29) is 30.6 Å². The third-order valence-electron chi connectivity index (χ3n) is 3.12. The van der Waals surface area contributed by atoms with Gasteiger partial charge in [-0.15, -0.1) is 0 Å². The van der Waals surface area contributed by atoms with Crippen LogP contribution in [0.3, 0.4) is 0 Å². The largest absolute Gasteiger partial charge is 0.394 e. The van der Waals surface area contributed by atoms with E-state index < -0.39 is 0 Å². The average Bonchev–Trinajstić information content (AvgIpc) is 2.42. The quantitative estimate of drug-likeness (QED) is 0.805. The molecule has 1 unspecified atom stereocenters. The summed E-state index contributed by atoms with van der Waals surface area (Å²) in [5.74, 6) is 0.0387. The van der Waals surface area contributed by atoms with Crippen LogP contribution in [0.5, 0.6) is 0 Å². The van der Waals surface area contributed by atoms with E-state index in [9.17, 15) is 9.90 Å². The Morgan fingerprint density at radius 2 is 1.80 bits per heavy atom. The molecule has 0 radical (unpaired) electrons. The lowest BCUT2D eigenvalue weighted by Gasteiger charge is -2.19. The average molecular weight is 279 g/mol. The van der Waals surface area contributed by atoms with Crippen molar-refractivity contribution < 1.29 is 14.6 Å². The summed E-state index contributed by atoms with van der Waals surface area (Å²) < 4.78 is 5.51. The molecule has 0 aromatic heterocycles. The number of amides is 1. The molecular formula is C16H25NO3. The summed E-state index contributed by atoms with van der Waals surface area (Å²) in [6.07, 6.45) is 0.189. The Kier molecular flexibility index (Phi) is 6.68. The number of aliphatic hydroxyl groups excluding tert-OH is 1. The van der Waals surface area contributed by atoms with Gasteiger partial charge in [0.15, 0.2) is 0 Å². The second-order valence-electron chi connectivity index (χ2n) is 5.56. The zero-order valence-electron chi connectivity index (χ0n) is 12.7. The standard InChI is InChI=1S/C16H25NO3/c1-11(2)15(9-18)17-16(19)14-7-5-13(6-8-14)10-20-12(3)4/h5-8,11-12,15,18H,9-10H2,1-4H3,(H,17,19). The summed E-state index contributed by atoms with van der Waals surface area (Å²) in [4.78, 5) is 12.0. The van der Waals surface area contributed by atoms with E-state index in [1.807, 2.05) is 39.8 Å². The van der Waals surface area contributed by atoms with Crippen molar-refractivity contribution in [2.75, 3.05) is 6.61 Å². The second kappa shape index (κ2) is 8.02. The fourth-order valence-corrected chi connectivity index (χ4v) is 1.69. The maximum atomic E-state index is 12.0. The highest BCUT2D eigenvalue weighted by molar-refractivity contribution is 5.94. The normalized spacial score (nSPS) is 12.8. The molecule has 0 spiro atoms. The van der Waals surface area contributed by atoms with Crippen molar-refractivity contribution in [3.63, 3.8) is 0 Å². The van der Waals surface area contributed by atoms with E-state index in [0.717, 1.165) is 5.56 Å². The topological polar surface area (TPSA) is 58.6 Å². The Bertz CT molecular complexity index is 412. The zero-order valence-corrected chi connectivity index (χ0v) is 12.7. The van der Waals surface area contributed by atoms with Gasteiger partial charge < -0.3 is 15.2 Å². The van der Waals surface area contributed by atoms with Crippen molar-refractivity contribution in [1.82, 2.24) is 5.32 Å². The SMILES string of the molecule is CC(C)OCc1ccc(C(=O)NC(CO)C(C)C)cc1. The van der Waals surface area contributed by atoms with Gasteiger partial charge in [-0.2, -0.15) is 0 Å². The molecule has 1 amide bonds.